The molecule has 3 rings (SSSR count). The van der Waals surface area contributed by atoms with E-state index in [0.29, 0.717) is 24.3 Å². The lowest BCUT2D eigenvalue weighted by Gasteiger charge is -2.36. The van der Waals surface area contributed by atoms with Crippen molar-refractivity contribution in [3.8, 4) is 0 Å². The highest BCUT2D eigenvalue weighted by Crippen LogP contribution is 2.55. The first kappa shape index (κ1) is 24.5. The second-order valence-electron chi connectivity index (χ2n) is 9.77. The summed E-state index contributed by atoms with van der Waals surface area (Å²) in [6.45, 7) is 6.57. The molecule has 0 unspecified atom stereocenters. The zero-order valence-electron chi connectivity index (χ0n) is 19.8. The Hall–Kier alpha value is -2.18. The van der Waals surface area contributed by atoms with Crippen molar-refractivity contribution in [2.75, 3.05) is 19.2 Å². The number of methoxy groups -OCH3 is 1. The van der Waals surface area contributed by atoms with Crippen LogP contribution in [0.4, 0.5) is 10.5 Å². The highest BCUT2D eigenvalue weighted by molar-refractivity contribution is 5.86. The van der Waals surface area contributed by atoms with Gasteiger partial charge in [0.05, 0.1) is 5.60 Å². The summed E-state index contributed by atoms with van der Waals surface area (Å²) in [6.07, 6.45) is 7.10. The minimum absolute atomic E-state index is 0.0708. The lowest BCUT2D eigenvalue weighted by molar-refractivity contribution is -0.127. The molecule has 3 atom stereocenters. The molecule has 1 aromatic rings. The maximum Gasteiger partial charge on any atom is 0.412 e. The molecular weight excluding hydrogens is 406 g/mol. The molecule has 1 amide bonds. The van der Waals surface area contributed by atoms with E-state index in [4.69, 9.17) is 14.2 Å². The van der Waals surface area contributed by atoms with Gasteiger partial charge in [0.1, 0.15) is 18.7 Å². The topological polar surface area (TPSA) is 73.9 Å². The summed E-state index contributed by atoms with van der Waals surface area (Å²) >= 11 is 0. The number of carbonyl (C=O) groups is 2. The van der Waals surface area contributed by atoms with Gasteiger partial charge in [0.15, 0.2) is 0 Å². The van der Waals surface area contributed by atoms with E-state index in [0.717, 1.165) is 37.7 Å². The monoisotopic (exact) mass is 443 g/mol. The minimum atomic E-state index is -0.476. The van der Waals surface area contributed by atoms with Crippen molar-refractivity contribution in [3.63, 3.8) is 0 Å². The number of hydrogen-bond donors (Lipinski definition) is 1. The maximum absolute atomic E-state index is 12.7. The van der Waals surface area contributed by atoms with E-state index in [9.17, 15) is 9.59 Å². The van der Waals surface area contributed by atoms with E-state index in [1.54, 1.807) is 7.11 Å². The molecule has 2 aliphatic carbocycles. The lowest BCUT2D eigenvalue weighted by Crippen LogP contribution is -2.34. The summed E-state index contributed by atoms with van der Waals surface area (Å²) < 4.78 is 16.6. The second kappa shape index (κ2) is 10.6. The number of allylic oxidation sites excluding steroid dienone is 1. The molecule has 0 aromatic heterocycles. The number of nitrogens with one attached hydrogen (secondary N) is 1. The summed E-state index contributed by atoms with van der Waals surface area (Å²) in [4.78, 5) is 25.3. The van der Waals surface area contributed by atoms with Crippen LogP contribution in [0.3, 0.4) is 0 Å². The van der Waals surface area contributed by atoms with Crippen LogP contribution in [-0.4, -0.2) is 37.5 Å². The number of anilines is 1. The van der Waals surface area contributed by atoms with Gasteiger partial charge in [0.25, 0.3) is 0 Å². The van der Waals surface area contributed by atoms with Crippen LogP contribution in [-0.2, 0) is 19.0 Å². The third kappa shape index (κ3) is 5.99. The maximum atomic E-state index is 12.7. The van der Waals surface area contributed by atoms with Crippen molar-refractivity contribution < 1.29 is 23.8 Å². The highest BCUT2D eigenvalue weighted by Gasteiger charge is 2.53. The molecule has 0 heterocycles. The highest BCUT2D eigenvalue weighted by atomic mass is 16.7. The molecule has 1 N–H and O–H groups in total. The van der Waals surface area contributed by atoms with Crippen LogP contribution in [0.1, 0.15) is 65.7 Å². The van der Waals surface area contributed by atoms with E-state index in [2.05, 4.69) is 32.2 Å². The van der Waals surface area contributed by atoms with Gasteiger partial charge in [-0.1, -0.05) is 31.2 Å². The number of amides is 1. The van der Waals surface area contributed by atoms with Crippen LogP contribution in [0, 0.1) is 11.3 Å². The van der Waals surface area contributed by atoms with Gasteiger partial charge < -0.3 is 14.2 Å². The Morgan fingerprint density at radius 2 is 2.03 bits per heavy atom. The lowest BCUT2D eigenvalue weighted by atomic mass is 9.67. The van der Waals surface area contributed by atoms with Crippen LogP contribution in [0.5, 0.6) is 0 Å². The molecule has 6 nitrogen and oxygen atoms in total. The number of fused-ring (bicyclic) bond motifs is 1. The molecule has 176 valence electrons. The SMILES string of the molecule is COCOC(C)(C)CCC/C=C1\[C@H](OC(=O)Nc2ccccc2)C[C@H]2C(=O)CCC[C@]12C. The molecule has 2 fully saturated rings. The average molecular weight is 444 g/mol. The van der Waals surface area contributed by atoms with E-state index in [-0.39, 0.29) is 29.8 Å². The standard InChI is InChI=1S/C26H37NO5/c1-25(2,31-18-30-4)15-9-8-13-20-23(17-21-22(28)14-10-16-26(20,21)3)32-24(29)27-19-11-6-5-7-12-19/h5-7,11-13,21,23H,8-10,14-18H2,1-4H3,(H,27,29)/b20-13+/t21-,23+,26+/m0/s1. The number of ketones is 1. The fourth-order valence-corrected chi connectivity index (χ4v) is 5.13. The molecule has 0 saturated heterocycles. The zero-order chi connectivity index (χ0) is 23.2. The van der Waals surface area contributed by atoms with Crippen molar-refractivity contribution in [2.24, 2.45) is 11.3 Å². The molecule has 0 aliphatic heterocycles. The molecular formula is C26H37NO5. The van der Waals surface area contributed by atoms with Gasteiger partial charge in [-0.3, -0.25) is 10.1 Å². The molecule has 2 aliphatic rings. The quantitative estimate of drug-likeness (QED) is 0.293. The predicted octanol–water partition coefficient (Wildman–Crippen LogP) is 5.88. The average Bonchev–Trinajstić information content (AvgIpc) is 3.03. The summed E-state index contributed by atoms with van der Waals surface area (Å²) in [6, 6.07) is 9.27. The van der Waals surface area contributed by atoms with Crippen molar-refractivity contribution in [3.05, 3.63) is 42.0 Å². The van der Waals surface area contributed by atoms with Crippen molar-refractivity contribution >= 4 is 17.6 Å². The zero-order valence-corrected chi connectivity index (χ0v) is 19.8. The number of Topliss-reactive ketones (excluding diaryl/α,β-unsaturated/α-hetero) is 1. The number of carbonyl (C=O) groups excluding carboxylic acids is 2. The van der Waals surface area contributed by atoms with Crippen LogP contribution in [0.25, 0.3) is 0 Å². The number of rotatable bonds is 9. The number of benzene rings is 1. The van der Waals surface area contributed by atoms with Crippen molar-refractivity contribution in [1.82, 2.24) is 0 Å². The van der Waals surface area contributed by atoms with Crippen LogP contribution < -0.4 is 5.32 Å². The molecule has 2 saturated carbocycles. The Balaban J connectivity index is 1.69. The van der Waals surface area contributed by atoms with Crippen molar-refractivity contribution in [1.29, 1.82) is 0 Å². The third-order valence-corrected chi connectivity index (χ3v) is 6.92. The first-order valence-corrected chi connectivity index (χ1v) is 11.6. The molecule has 0 radical (unpaired) electrons. The van der Waals surface area contributed by atoms with Gasteiger partial charge in [-0.15, -0.1) is 0 Å². The van der Waals surface area contributed by atoms with E-state index < -0.39 is 6.09 Å². The molecule has 0 bridgehead atoms. The largest absolute Gasteiger partial charge is 0.441 e. The molecule has 0 spiro atoms. The van der Waals surface area contributed by atoms with E-state index >= 15 is 0 Å². The van der Waals surface area contributed by atoms with Gasteiger partial charge in [0, 0.05) is 30.6 Å². The smallest absolute Gasteiger partial charge is 0.412 e. The first-order chi connectivity index (χ1) is 15.2. The Morgan fingerprint density at radius 1 is 1.28 bits per heavy atom. The van der Waals surface area contributed by atoms with Gasteiger partial charge >= 0.3 is 6.09 Å². The third-order valence-electron chi connectivity index (χ3n) is 6.92. The number of ether oxygens (including phenoxy) is 3. The Labute approximate surface area is 191 Å². The fourth-order valence-electron chi connectivity index (χ4n) is 5.13. The van der Waals surface area contributed by atoms with Gasteiger partial charge in [-0.25, -0.2) is 4.79 Å². The molecule has 32 heavy (non-hydrogen) atoms. The number of para-hydroxylation sites is 1. The number of hydrogen-bond acceptors (Lipinski definition) is 5. The van der Waals surface area contributed by atoms with E-state index in [1.165, 1.54) is 0 Å². The number of unbranched alkanes of at least 4 members (excludes halogenated alkanes) is 1. The normalized spacial score (nSPS) is 26.8. The summed E-state index contributed by atoms with van der Waals surface area (Å²) in [5.41, 5.74) is 1.31. The van der Waals surface area contributed by atoms with Gasteiger partial charge in [-0.05, 0) is 70.1 Å². The minimum Gasteiger partial charge on any atom is -0.441 e. The van der Waals surface area contributed by atoms with Gasteiger partial charge in [0.2, 0.25) is 0 Å². The van der Waals surface area contributed by atoms with Crippen LogP contribution in [0.2, 0.25) is 0 Å². The Kier molecular flexibility index (Phi) is 8.12. The first-order valence-electron chi connectivity index (χ1n) is 11.6. The summed E-state index contributed by atoms with van der Waals surface area (Å²) in [5.74, 6) is 0.229. The summed E-state index contributed by atoms with van der Waals surface area (Å²) in [5, 5.41) is 2.80. The second-order valence-corrected chi connectivity index (χ2v) is 9.77. The van der Waals surface area contributed by atoms with Crippen molar-refractivity contribution in [2.45, 2.75) is 77.4 Å². The summed E-state index contributed by atoms with van der Waals surface area (Å²) in [7, 11) is 1.62. The predicted molar refractivity (Wildman–Crippen MR) is 124 cm³/mol. The molecule has 6 heteroatoms. The van der Waals surface area contributed by atoms with Gasteiger partial charge in [-0.2, -0.15) is 0 Å². The van der Waals surface area contributed by atoms with Crippen LogP contribution >= 0.6 is 0 Å². The Morgan fingerprint density at radius 3 is 2.75 bits per heavy atom. The Bertz CT molecular complexity index is 819. The van der Waals surface area contributed by atoms with Crippen LogP contribution in [0.15, 0.2) is 42.0 Å². The molecule has 1 aromatic carbocycles. The fraction of sp³-hybridized carbons (Fsp3) is 0.615. The van der Waals surface area contributed by atoms with E-state index in [1.807, 2.05) is 30.3 Å².